The largest absolute Gasteiger partial charge is 0.362 e. The van der Waals surface area contributed by atoms with Gasteiger partial charge in [0.05, 0.1) is 11.2 Å². The first-order valence-electron chi connectivity index (χ1n) is 15.1. The third-order valence-electron chi connectivity index (χ3n) is 9.06. The number of aryl methyl sites for hydroxylation is 2. The van der Waals surface area contributed by atoms with E-state index in [9.17, 15) is 4.79 Å². The van der Waals surface area contributed by atoms with E-state index in [0.717, 1.165) is 62.3 Å². The highest BCUT2D eigenvalue weighted by Gasteiger charge is 2.31. The van der Waals surface area contributed by atoms with Gasteiger partial charge in [-0.3, -0.25) is 9.78 Å². The Labute approximate surface area is 252 Å². The van der Waals surface area contributed by atoms with E-state index in [-0.39, 0.29) is 16.3 Å². The summed E-state index contributed by atoms with van der Waals surface area (Å²) in [5.41, 5.74) is 13.6. The van der Waals surface area contributed by atoms with Crippen LogP contribution in [-0.2, 0) is 23.7 Å². The third-order valence-corrected chi connectivity index (χ3v) is 9.06. The van der Waals surface area contributed by atoms with Gasteiger partial charge < -0.3 is 15.0 Å². The number of hydrogen-bond donors (Lipinski definition) is 3. The molecule has 0 amide bonds. The first-order valence-corrected chi connectivity index (χ1v) is 15.1. The van der Waals surface area contributed by atoms with Crippen LogP contribution in [0.15, 0.2) is 83.7 Å². The normalized spacial score (nSPS) is 15.5. The second kappa shape index (κ2) is 9.70. The van der Waals surface area contributed by atoms with Gasteiger partial charge >= 0.3 is 0 Å². The SMILES string of the molecule is Cc1ccc(-c2cc3cc4[nH]c(cc5[nH]c(cc5-c5ccc(C)cc5)c(=O)c5nc(cc2[nH]3)C(C)(C)C5)C(C)(C)C4)cc1. The molecule has 0 saturated carbocycles. The predicted octanol–water partition coefficient (Wildman–Crippen LogP) is 8.60. The molecule has 5 heteroatoms. The first-order chi connectivity index (χ1) is 20.4. The highest BCUT2D eigenvalue weighted by atomic mass is 16.1. The monoisotopic (exact) mass is 566 g/mol. The summed E-state index contributed by atoms with van der Waals surface area (Å²) in [7, 11) is 0. The van der Waals surface area contributed by atoms with Crippen LogP contribution in [0.2, 0.25) is 0 Å². The number of benzene rings is 2. The molecule has 0 unspecified atom stereocenters. The lowest BCUT2D eigenvalue weighted by atomic mass is 9.86. The molecule has 5 nitrogen and oxygen atoms in total. The second-order valence-electron chi connectivity index (χ2n) is 13.7. The van der Waals surface area contributed by atoms with E-state index < -0.39 is 0 Å². The van der Waals surface area contributed by atoms with Gasteiger partial charge in [-0.15, -0.1) is 0 Å². The summed E-state index contributed by atoms with van der Waals surface area (Å²) >= 11 is 0. The molecule has 0 saturated heterocycles. The molecule has 5 heterocycles. The van der Waals surface area contributed by atoms with E-state index in [1.807, 2.05) is 6.07 Å². The van der Waals surface area contributed by atoms with E-state index in [2.05, 4.69) is 129 Å². The topological polar surface area (TPSA) is 77.3 Å². The van der Waals surface area contributed by atoms with Crippen LogP contribution in [0.4, 0.5) is 0 Å². The zero-order valence-corrected chi connectivity index (χ0v) is 25.8. The number of nitrogens with zero attached hydrogens (tertiary/aromatic N) is 1. The predicted molar refractivity (Wildman–Crippen MR) is 178 cm³/mol. The summed E-state index contributed by atoms with van der Waals surface area (Å²) in [6.07, 6.45) is 1.46. The highest BCUT2D eigenvalue weighted by molar-refractivity contribution is 5.87. The standard InChI is InChI=1S/C38H38N4O/c1-22-7-11-24(12-8-22)28-16-26-15-27-20-37(3,4)34(40-27)19-31-29(25-13-9-23(2)10-14-25)17-32(41-31)36(43)33-21-38(5,6)35(42-33)18-30(28)39-26/h7-19,39-41H,20-21H2,1-6H3. The summed E-state index contributed by atoms with van der Waals surface area (Å²) < 4.78 is 0. The summed E-state index contributed by atoms with van der Waals surface area (Å²) in [5, 5.41) is 0. The van der Waals surface area contributed by atoms with Gasteiger partial charge in [0.2, 0.25) is 5.43 Å². The molecule has 0 radical (unpaired) electrons. The molecular formula is C38H38N4O. The van der Waals surface area contributed by atoms with Crippen molar-refractivity contribution in [2.24, 2.45) is 0 Å². The zero-order valence-electron chi connectivity index (χ0n) is 25.8. The van der Waals surface area contributed by atoms with E-state index in [1.54, 1.807) is 0 Å². The van der Waals surface area contributed by atoms with Crippen LogP contribution in [0.25, 0.3) is 44.3 Å². The molecule has 2 aliphatic rings. The van der Waals surface area contributed by atoms with Crippen LogP contribution in [0.3, 0.4) is 0 Å². The molecular weight excluding hydrogens is 528 g/mol. The van der Waals surface area contributed by atoms with Crippen LogP contribution in [-0.4, -0.2) is 19.9 Å². The number of fused-ring (bicyclic) bond motifs is 8. The summed E-state index contributed by atoms with van der Waals surface area (Å²) in [6.45, 7) is 13.1. The molecule has 8 bridgehead atoms. The van der Waals surface area contributed by atoms with E-state index in [0.29, 0.717) is 17.6 Å². The van der Waals surface area contributed by atoms with Crippen molar-refractivity contribution in [3.8, 4) is 22.3 Å². The summed E-state index contributed by atoms with van der Waals surface area (Å²) in [6, 6.07) is 27.9. The van der Waals surface area contributed by atoms with Gasteiger partial charge in [0.15, 0.2) is 0 Å². The number of aromatic amines is 3. The molecule has 0 aliphatic carbocycles. The van der Waals surface area contributed by atoms with Crippen molar-refractivity contribution in [1.29, 1.82) is 0 Å². The van der Waals surface area contributed by atoms with Crippen LogP contribution in [0, 0.1) is 13.8 Å². The van der Waals surface area contributed by atoms with Gasteiger partial charge in [-0.05, 0) is 61.7 Å². The minimum Gasteiger partial charge on any atom is -0.362 e. The van der Waals surface area contributed by atoms with E-state index >= 15 is 0 Å². The van der Waals surface area contributed by atoms with Crippen molar-refractivity contribution in [3.05, 3.63) is 123 Å². The van der Waals surface area contributed by atoms with Gasteiger partial charge in [-0.1, -0.05) is 87.4 Å². The Morgan fingerprint density at radius 1 is 0.628 bits per heavy atom. The maximum absolute atomic E-state index is 14.0. The average Bonchev–Trinajstić information content (AvgIpc) is 3.69. The number of aromatic nitrogens is 4. The molecule has 3 aromatic heterocycles. The Bertz CT molecular complexity index is 2100. The minimum absolute atomic E-state index is 0.0493. The number of rotatable bonds is 2. The lowest BCUT2D eigenvalue weighted by molar-refractivity contribution is 0.542. The molecule has 7 rings (SSSR count). The summed E-state index contributed by atoms with van der Waals surface area (Å²) in [4.78, 5) is 29.9. The molecule has 0 atom stereocenters. The van der Waals surface area contributed by atoms with Crippen molar-refractivity contribution in [3.63, 3.8) is 0 Å². The molecule has 43 heavy (non-hydrogen) atoms. The molecule has 2 aliphatic heterocycles. The van der Waals surface area contributed by atoms with Gasteiger partial charge in [-0.2, -0.15) is 0 Å². The van der Waals surface area contributed by atoms with Crippen LogP contribution in [0.5, 0.6) is 0 Å². The fourth-order valence-electron chi connectivity index (χ4n) is 6.44. The van der Waals surface area contributed by atoms with Crippen molar-refractivity contribution >= 4 is 22.1 Å². The van der Waals surface area contributed by atoms with Crippen molar-refractivity contribution in [1.82, 2.24) is 19.9 Å². The Hall–Kier alpha value is -4.64. The van der Waals surface area contributed by atoms with Gasteiger partial charge in [0, 0.05) is 62.0 Å². The van der Waals surface area contributed by atoms with Crippen molar-refractivity contribution in [2.75, 3.05) is 0 Å². The Morgan fingerprint density at radius 2 is 1.23 bits per heavy atom. The van der Waals surface area contributed by atoms with Gasteiger partial charge in [-0.25, -0.2) is 0 Å². The molecule has 216 valence electrons. The zero-order chi connectivity index (χ0) is 30.1. The minimum atomic E-state index is -0.283. The van der Waals surface area contributed by atoms with Crippen LogP contribution < -0.4 is 5.43 Å². The summed E-state index contributed by atoms with van der Waals surface area (Å²) in [5.74, 6) is 0. The Balaban J connectivity index is 1.58. The number of hydrogen-bond acceptors (Lipinski definition) is 2. The molecule has 5 aromatic rings. The highest BCUT2D eigenvalue weighted by Crippen LogP contribution is 2.35. The van der Waals surface area contributed by atoms with Crippen LogP contribution >= 0.6 is 0 Å². The van der Waals surface area contributed by atoms with E-state index in [1.165, 1.54) is 11.1 Å². The van der Waals surface area contributed by atoms with Gasteiger partial charge in [0.25, 0.3) is 0 Å². The number of H-pyrrole nitrogens is 3. The first kappa shape index (κ1) is 27.2. The third kappa shape index (κ3) is 4.93. The molecule has 2 aromatic carbocycles. The van der Waals surface area contributed by atoms with Crippen molar-refractivity contribution in [2.45, 2.75) is 65.2 Å². The Kier molecular flexibility index (Phi) is 6.14. The average molecular weight is 567 g/mol. The molecule has 3 N–H and O–H groups in total. The molecule has 0 fully saturated rings. The van der Waals surface area contributed by atoms with Crippen molar-refractivity contribution < 1.29 is 0 Å². The Morgan fingerprint density at radius 3 is 1.88 bits per heavy atom. The van der Waals surface area contributed by atoms with Gasteiger partial charge in [0.1, 0.15) is 0 Å². The molecule has 0 spiro atoms. The smallest absolute Gasteiger partial charge is 0.223 e. The fraction of sp³-hybridized carbons (Fsp3) is 0.263. The van der Waals surface area contributed by atoms with Crippen LogP contribution in [0.1, 0.15) is 61.6 Å². The quantitative estimate of drug-likeness (QED) is 0.200. The van der Waals surface area contributed by atoms with E-state index in [4.69, 9.17) is 4.98 Å². The fourth-order valence-corrected chi connectivity index (χ4v) is 6.44. The lowest BCUT2D eigenvalue weighted by Gasteiger charge is -2.16. The maximum atomic E-state index is 14.0. The lowest BCUT2D eigenvalue weighted by Crippen LogP contribution is -2.17. The number of nitrogens with one attached hydrogen (secondary N) is 3. The maximum Gasteiger partial charge on any atom is 0.223 e. The second-order valence-corrected chi connectivity index (χ2v) is 13.7.